The van der Waals surface area contributed by atoms with E-state index in [1.807, 2.05) is 22.4 Å². The van der Waals surface area contributed by atoms with E-state index in [1.54, 1.807) is 28.8 Å². The van der Waals surface area contributed by atoms with E-state index in [0.717, 1.165) is 19.6 Å². The molecule has 2 aliphatic heterocycles. The number of fused-ring (bicyclic) bond motifs is 1. The average Bonchev–Trinajstić information content (AvgIpc) is 3.28. The molecule has 2 saturated heterocycles. The largest absolute Gasteiger partial charge is 0.420 e. The van der Waals surface area contributed by atoms with Crippen LogP contribution >= 0.6 is 23.1 Å². The minimum atomic E-state index is -0.457. The molecule has 2 unspecified atom stereocenters. The van der Waals surface area contributed by atoms with Gasteiger partial charge in [-0.1, -0.05) is 12.1 Å². The maximum Gasteiger partial charge on any atom is 0.420 e. The Morgan fingerprint density at radius 3 is 2.55 bits per heavy atom. The molecule has 1 amide bonds. The van der Waals surface area contributed by atoms with Crippen LogP contribution in [0.4, 0.5) is 20.6 Å². The molecule has 6 nitrogen and oxygen atoms in total. The van der Waals surface area contributed by atoms with Crippen LogP contribution in [0.25, 0.3) is 0 Å². The summed E-state index contributed by atoms with van der Waals surface area (Å²) in [6, 6.07) is 17.5. The number of hydrogen-bond acceptors (Lipinski definition) is 7. The highest BCUT2D eigenvalue weighted by Crippen LogP contribution is 2.52. The van der Waals surface area contributed by atoms with Crippen LogP contribution in [0.15, 0.2) is 64.9 Å². The van der Waals surface area contributed by atoms with Gasteiger partial charge in [-0.25, -0.2) is 9.18 Å². The molecule has 9 heteroatoms. The Morgan fingerprint density at radius 1 is 1.13 bits per heavy atom. The van der Waals surface area contributed by atoms with Gasteiger partial charge in [-0.05, 0) is 77.4 Å². The van der Waals surface area contributed by atoms with Crippen LogP contribution < -0.4 is 14.5 Å². The summed E-state index contributed by atoms with van der Waals surface area (Å²) in [7, 11) is 0. The molecule has 2 atom stereocenters. The van der Waals surface area contributed by atoms with E-state index in [1.165, 1.54) is 27.9 Å². The van der Waals surface area contributed by atoms with Crippen LogP contribution in [0.5, 0.6) is 5.06 Å². The molecule has 0 radical (unpaired) electrons. The van der Waals surface area contributed by atoms with Gasteiger partial charge in [-0.2, -0.15) is 0 Å². The molecule has 1 aliphatic carbocycles. The second-order valence-electron chi connectivity index (χ2n) is 10.2. The highest BCUT2D eigenvalue weighted by molar-refractivity contribution is 7.98. The van der Waals surface area contributed by atoms with Gasteiger partial charge in [0.25, 0.3) is 0 Å². The van der Waals surface area contributed by atoms with E-state index >= 15 is 4.39 Å². The van der Waals surface area contributed by atoms with E-state index in [-0.39, 0.29) is 5.82 Å². The van der Waals surface area contributed by atoms with Gasteiger partial charge in [0.15, 0.2) is 5.06 Å². The van der Waals surface area contributed by atoms with E-state index in [2.05, 4.69) is 35.4 Å². The van der Waals surface area contributed by atoms with Crippen molar-refractivity contribution in [1.82, 2.24) is 4.90 Å². The van der Waals surface area contributed by atoms with E-state index in [0.29, 0.717) is 67.0 Å². The van der Waals surface area contributed by atoms with Gasteiger partial charge in [0.2, 0.25) is 0 Å². The molecular formula is C29H32FN3O3S2. The first kappa shape index (κ1) is 25.7. The van der Waals surface area contributed by atoms with Crippen molar-refractivity contribution < 1.29 is 18.7 Å². The fraction of sp³-hybridized carbons (Fsp3) is 0.414. The summed E-state index contributed by atoms with van der Waals surface area (Å²) in [5.41, 5.74) is 2.42. The lowest BCUT2D eigenvalue weighted by Gasteiger charge is -2.30. The zero-order valence-electron chi connectivity index (χ0n) is 21.4. The van der Waals surface area contributed by atoms with Crippen LogP contribution in [-0.2, 0) is 11.3 Å². The normalized spacial score (nSPS) is 22.8. The van der Waals surface area contributed by atoms with E-state index in [9.17, 15) is 4.79 Å². The number of thioether (sulfide) groups is 1. The molecule has 3 fully saturated rings. The summed E-state index contributed by atoms with van der Waals surface area (Å²) in [5.74, 6) is 1.17. The Bertz CT molecular complexity index is 1240. The van der Waals surface area contributed by atoms with Gasteiger partial charge in [0, 0.05) is 44.2 Å². The lowest BCUT2D eigenvalue weighted by atomic mass is 10.1. The van der Waals surface area contributed by atoms with Gasteiger partial charge in [-0.15, -0.1) is 23.1 Å². The molecule has 3 aliphatic rings. The Hall–Kier alpha value is -2.59. The minimum absolute atomic E-state index is 0.326. The number of amides is 1. The van der Waals surface area contributed by atoms with Crippen LogP contribution in [-0.4, -0.2) is 63.2 Å². The first-order chi connectivity index (χ1) is 18.6. The molecular weight excluding hydrogens is 521 g/mol. The third-order valence-corrected chi connectivity index (χ3v) is 9.39. The van der Waals surface area contributed by atoms with E-state index < -0.39 is 6.09 Å². The number of rotatable bonds is 8. The molecule has 0 bridgehead atoms. The van der Waals surface area contributed by atoms with Gasteiger partial charge in [0.1, 0.15) is 5.82 Å². The summed E-state index contributed by atoms with van der Waals surface area (Å²) in [6.45, 7) is 6.03. The lowest BCUT2D eigenvalue weighted by Crippen LogP contribution is -2.38. The van der Waals surface area contributed by atoms with Crippen molar-refractivity contribution >= 4 is 40.6 Å². The molecule has 0 N–H and O–H groups in total. The molecule has 3 aromatic rings. The first-order valence-corrected chi connectivity index (χ1v) is 15.2. The second kappa shape index (κ2) is 11.3. The SMILES string of the molecule is CSc1ccc(CN2CC3C(C2)C3CN(C(=O)Oc2cccs2)c2ccc(N3CCOCC3)c(F)c2)cc1. The maximum absolute atomic E-state index is 15.3. The Balaban J connectivity index is 1.13. The fourth-order valence-corrected chi connectivity index (χ4v) is 6.79. The van der Waals surface area contributed by atoms with Crippen LogP contribution in [0.2, 0.25) is 0 Å². The average molecular weight is 554 g/mol. The lowest BCUT2D eigenvalue weighted by molar-refractivity contribution is 0.122. The number of ether oxygens (including phenoxy) is 2. The summed E-state index contributed by atoms with van der Waals surface area (Å²) in [6.07, 6.45) is 1.64. The van der Waals surface area contributed by atoms with Gasteiger partial charge in [0.05, 0.1) is 24.6 Å². The minimum Gasteiger partial charge on any atom is -0.399 e. The summed E-state index contributed by atoms with van der Waals surface area (Å²) >= 11 is 3.13. The number of hydrogen-bond donors (Lipinski definition) is 0. The van der Waals surface area contributed by atoms with Gasteiger partial charge in [-0.3, -0.25) is 9.80 Å². The maximum atomic E-state index is 15.3. The van der Waals surface area contributed by atoms with Crippen LogP contribution in [0.3, 0.4) is 0 Å². The van der Waals surface area contributed by atoms with Crippen molar-refractivity contribution in [2.45, 2.75) is 11.4 Å². The third kappa shape index (κ3) is 5.57. The summed E-state index contributed by atoms with van der Waals surface area (Å²) < 4.78 is 26.3. The number of piperidine rings is 1. The number of nitrogens with zero attached hydrogens (tertiary/aromatic N) is 3. The Kier molecular flexibility index (Phi) is 7.61. The van der Waals surface area contributed by atoms with Crippen molar-refractivity contribution in [3.63, 3.8) is 0 Å². The number of anilines is 2. The van der Waals surface area contributed by atoms with Crippen molar-refractivity contribution in [3.8, 4) is 5.06 Å². The molecule has 38 heavy (non-hydrogen) atoms. The van der Waals surface area contributed by atoms with Gasteiger partial charge < -0.3 is 14.4 Å². The second-order valence-corrected chi connectivity index (χ2v) is 12.0. The smallest absolute Gasteiger partial charge is 0.399 e. The number of morpholine rings is 1. The highest BCUT2D eigenvalue weighted by atomic mass is 32.2. The molecule has 1 aromatic heterocycles. The summed E-state index contributed by atoms with van der Waals surface area (Å²) in [5, 5.41) is 2.41. The Morgan fingerprint density at radius 2 is 1.89 bits per heavy atom. The van der Waals surface area contributed by atoms with Crippen LogP contribution in [0.1, 0.15) is 5.56 Å². The summed E-state index contributed by atoms with van der Waals surface area (Å²) in [4.78, 5) is 20.7. The van der Waals surface area contributed by atoms with Crippen molar-refractivity contribution in [3.05, 3.63) is 71.4 Å². The molecule has 3 heterocycles. The van der Waals surface area contributed by atoms with Crippen LogP contribution in [0, 0.1) is 23.6 Å². The zero-order valence-corrected chi connectivity index (χ0v) is 23.1. The fourth-order valence-electron chi connectivity index (χ4n) is 5.81. The van der Waals surface area contributed by atoms with Crippen molar-refractivity contribution in [1.29, 1.82) is 0 Å². The van der Waals surface area contributed by atoms with Gasteiger partial charge >= 0.3 is 6.09 Å². The molecule has 200 valence electrons. The predicted octanol–water partition coefficient (Wildman–Crippen LogP) is 5.83. The highest BCUT2D eigenvalue weighted by Gasteiger charge is 2.56. The topological polar surface area (TPSA) is 45.2 Å². The number of carbonyl (C=O) groups is 1. The Labute approximate surface area is 231 Å². The number of likely N-dealkylation sites (tertiary alicyclic amines) is 1. The van der Waals surface area contributed by atoms with Crippen molar-refractivity contribution in [2.75, 3.05) is 62.0 Å². The molecule has 1 saturated carbocycles. The quantitative estimate of drug-likeness (QED) is 0.327. The predicted molar refractivity (Wildman–Crippen MR) is 151 cm³/mol. The standard InChI is InChI=1S/C29H32FN3O3S2/c1-37-22-7-4-20(5-8-22)16-31-17-23-24(18-31)25(23)19-33(29(34)36-28-3-2-14-38-28)21-6-9-27(26(30)15-21)32-10-12-35-13-11-32/h2-9,14-15,23-25H,10-13,16-19H2,1H3. The van der Waals surface area contributed by atoms with Crippen molar-refractivity contribution in [2.24, 2.45) is 17.8 Å². The molecule has 2 aromatic carbocycles. The number of carbonyl (C=O) groups excluding carboxylic acids is 1. The number of benzene rings is 2. The number of halogens is 1. The first-order valence-electron chi connectivity index (χ1n) is 13.1. The molecule has 6 rings (SSSR count). The number of thiophene rings is 1. The molecule has 0 spiro atoms. The zero-order chi connectivity index (χ0) is 26.1. The van der Waals surface area contributed by atoms with E-state index in [4.69, 9.17) is 9.47 Å². The monoisotopic (exact) mass is 553 g/mol. The third-order valence-electron chi connectivity index (χ3n) is 7.90.